The van der Waals surface area contributed by atoms with Crippen LogP contribution < -0.4 is 15.1 Å². The van der Waals surface area contributed by atoms with E-state index in [0.29, 0.717) is 11.0 Å². The Balaban J connectivity index is 2.04. The quantitative estimate of drug-likeness (QED) is 0.515. The van der Waals surface area contributed by atoms with Gasteiger partial charge in [0.1, 0.15) is 5.54 Å². The van der Waals surface area contributed by atoms with E-state index in [0.717, 1.165) is 17.0 Å². The standard InChI is InChI=1S/C23H20ClF3N4O4/c1-12(2)35-20(33)29-18-10-15(7-8-17(18)24)31-21(34)30(19(32)22(31,3)4)14-6-5-13(11-28)16(9-14)23(25,26)27/h5-10,12H,1-4H3,(H,29,33). The molecule has 4 amide bonds. The number of benzene rings is 2. The van der Waals surface area contributed by atoms with E-state index < -0.39 is 47.0 Å². The van der Waals surface area contributed by atoms with Gasteiger partial charge < -0.3 is 4.74 Å². The maximum absolute atomic E-state index is 13.4. The molecule has 1 fully saturated rings. The number of urea groups is 1. The predicted octanol–water partition coefficient (Wildman–Crippen LogP) is 5.94. The summed E-state index contributed by atoms with van der Waals surface area (Å²) in [6.45, 7) is 6.15. The molecule has 1 heterocycles. The van der Waals surface area contributed by atoms with Gasteiger partial charge in [-0.2, -0.15) is 18.4 Å². The van der Waals surface area contributed by atoms with E-state index in [1.807, 2.05) is 0 Å². The molecule has 3 rings (SSSR count). The van der Waals surface area contributed by atoms with Gasteiger partial charge in [-0.3, -0.25) is 15.0 Å². The lowest BCUT2D eigenvalue weighted by Gasteiger charge is -2.28. The van der Waals surface area contributed by atoms with Gasteiger partial charge in [0.05, 0.1) is 39.7 Å². The monoisotopic (exact) mass is 508 g/mol. The van der Waals surface area contributed by atoms with Crippen molar-refractivity contribution in [2.75, 3.05) is 15.1 Å². The Morgan fingerprint density at radius 3 is 2.34 bits per heavy atom. The molecule has 1 aliphatic heterocycles. The first-order chi connectivity index (χ1) is 16.2. The lowest BCUT2D eigenvalue weighted by molar-refractivity contribution is -0.137. The molecule has 0 radical (unpaired) electrons. The highest BCUT2D eigenvalue weighted by molar-refractivity contribution is 6.34. The largest absolute Gasteiger partial charge is 0.447 e. The molecule has 1 aliphatic rings. The number of imide groups is 1. The molecule has 2 aromatic rings. The number of alkyl halides is 3. The number of ether oxygens (including phenoxy) is 1. The van der Waals surface area contributed by atoms with E-state index in [2.05, 4.69) is 5.32 Å². The van der Waals surface area contributed by atoms with Crippen molar-refractivity contribution in [2.45, 2.75) is 45.5 Å². The second-order valence-corrected chi connectivity index (χ2v) is 8.81. The van der Waals surface area contributed by atoms with Crippen molar-refractivity contribution in [3.8, 4) is 6.07 Å². The van der Waals surface area contributed by atoms with Crippen LogP contribution in [0.25, 0.3) is 0 Å². The minimum absolute atomic E-state index is 0.0991. The van der Waals surface area contributed by atoms with E-state index >= 15 is 0 Å². The number of amides is 4. The summed E-state index contributed by atoms with van der Waals surface area (Å²) in [4.78, 5) is 40.2. The fourth-order valence-electron chi connectivity index (χ4n) is 3.56. The molecule has 0 aromatic heterocycles. The molecule has 0 saturated carbocycles. The summed E-state index contributed by atoms with van der Waals surface area (Å²) in [7, 11) is 0. The van der Waals surface area contributed by atoms with Gasteiger partial charge in [-0.1, -0.05) is 11.6 Å². The molecule has 2 aromatic carbocycles. The molecule has 184 valence electrons. The Morgan fingerprint density at radius 2 is 1.77 bits per heavy atom. The SMILES string of the molecule is CC(C)OC(=O)Nc1cc(N2C(=O)N(c3ccc(C#N)c(C(F)(F)F)c3)C(=O)C2(C)C)ccc1Cl. The van der Waals surface area contributed by atoms with Crippen LogP contribution in [0, 0.1) is 11.3 Å². The second kappa shape index (κ2) is 9.11. The van der Waals surface area contributed by atoms with Crippen LogP contribution in [0.5, 0.6) is 0 Å². The summed E-state index contributed by atoms with van der Waals surface area (Å²) in [5.74, 6) is -0.788. The third kappa shape index (κ3) is 4.88. The van der Waals surface area contributed by atoms with Crippen LogP contribution in [-0.4, -0.2) is 29.7 Å². The van der Waals surface area contributed by atoms with Crippen LogP contribution in [0.15, 0.2) is 36.4 Å². The molecule has 1 N–H and O–H groups in total. The minimum Gasteiger partial charge on any atom is -0.447 e. The molecule has 0 spiro atoms. The number of nitrogens with zero attached hydrogens (tertiary/aromatic N) is 3. The number of hydrogen-bond donors (Lipinski definition) is 1. The average Bonchev–Trinajstić information content (AvgIpc) is 2.92. The molecule has 0 aliphatic carbocycles. The summed E-state index contributed by atoms with van der Waals surface area (Å²) >= 11 is 6.15. The Hall–Kier alpha value is -3.78. The number of halogens is 4. The lowest BCUT2D eigenvalue weighted by Crippen LogP contribution is -2.44. The maximum Gasteiger partial charge on any atom is 0.417 e. The molecular formula is C23H20ClF3N4O4. The van der Waals surface area contributed by atoms with Gasteiger partial charge in [-0.25, -0.2) is 14.5 Å². The van der Waals surface area contributed by atoms with Gasteiger partial charge in [0.2, 0.25) is 0 Å². The second-order valence-electron chi connectivity index (χ2n) is 8.40. The zero-order valence-electron chi connectivity index (χ0n) is 19.0. The average molecular weight is 509 g/mol. The topological polar surface area (TPSA) is 103 Å². The summed E-state index contributed by atoms with van der Waals surface area (Å²) in [6, 6.07) is 7.29. The smallest absolute Gasteiger partial charge is 0.417 e. The third-order valence-electron chi connectivity index (χ3n) is 5.14. The summed E-state index contributed by atoms with van der Waals surface area (Å²) in [5.41, 5.74) is -3.50. The van der Waals surface area contributed by atoms with Gasteiger partial charge in [0.15, 0.2) is 0 Å². The first kappa shape index (κ1) is 25.8. The fraction of sp³-hybridized carbons (Fsp3) is 0.304. The van der Waals surface area contributed by atoms with Crippen LogP contribution in [0.1, 0.15) is 38.8 Å². The first-order valence-corrected chi connectivity index (χ1v) is 10.6. The number of carbonyl (C=O) groups is 3. The number of anilines is 3. The summed E-state index contributed by atoms with van der Waals surface area (Å²) in [5, 5.41) is 11.6. The van der Waals surface area contributed by atoms with E-state index in [-0.39, 0.29) is 22.1 Å². The molecule has 0 bridgehead atoms. The van der Waals surface area contributed by atoms with Crippen LogP contribution in [-0.2, 0) is 15.7 Å². The predicted molar refractivity (Wildman–Crippen MR) is 122 cm³/mol. The molecule has 0 unspecified atom stereocenters. The number of nitriles is 1. The third-order valence-corrected chi connectivity index (χ3v) is 5.47. The van der Waals surface area contributed by atoms with Gasteiger partial charge in [-0.15, -0.1) is 0 Å². The van der Waals surface area contributed by atoms with Crippen molar-refractivity contribution < 1.29 is 32.3 Å². The van der Waals surface area contributed by atoms with Crippen LogP contribution in [0.3, 0.4) is 0 Å². The molecule has 12 heteroatoms. The van der Waals surface area contributed by atoms with Crippen molar-refractivity contribution in [1.82, 2.24) is 0 Å². The molecule has 0 atom stereocenters. The number of carbonyl (C=O) groups excluding carboxylic acids is 3. The Bertz CT molecular complexity index is 1250. The molecular weight excluding hydrogens is 489 g/mol. The van der Waals surface area contributed by atoms with Gasteiger partial charge >= 0.3 is 18.3 Å². The molecule has 35 heavy (non-hydrogen) atoms. The number of rotatable bonds is 4. The number of hydrogen-bond acceptors (Lipinski definition) is 5. The zero-order valence-corrected chi connectivity index (χ0v) is 19.8. The van der Waals surface area contributed by atoms with Gasteiger partial charge in [-0.05, 0) is 64.1 Å². The van der Waals surface area contributed by atoms with Gasteiger partial charge in [0.25, 0.3) is 5.91 Å². The fourth-order valence-corrected chi connectivity index (χ4v) is 3.73. The van der Waals surface area contributed by atoms with Crippen molar-refractivity contribution in [3.05, 3.63) is 52.5 Å². The number of nitrogens with one attached hydrogen (secondary N) is 1. The van der Waals surface area contributed by atoms with Crippen LogP contribution >= 0.6 is 11.6 Å². The summed E-state index contributed by atoms with van der Waals surface area (Å²) < 4.78 is 45.4. The lowest BCUT2D eigenvalue weighted by atomic mass is 10.0. The van der Waals surface area contributed by atoms with Crippen molar-refractivity contribution in [1.29, 1.82) is 5.26 Å². The van der Waals surface area contributed by atoms with Crippen molar-refractivity contribution in [2.24, 2.45) is 0 Å². The van der Waals surface area contributed by atoms with E-state index in [4.69, 9.17) is 21.6 Å². The van der Waals surface area contributed by atoms with E-state index in [1.54, 1.807) is 13.8 Å². The normalized spacial score (nSPS) is 15.4. The minimum atomic E-state index is -4.87. The van der Waals surface area contributed by atoms with Crippen LogP contribution in [0.4, 0.5) is 39.8 Å². The highest BCUT2D eigenvalue weighted by Gasteiger charge is 2.53. The maximum atomic E-state index is 13.4. The van der Waals surface area contributed by atoms with Crippen molar-refractivity contribution >= 4 is 46.7 Å². The molecule has 8 nitrogen and oxygen atoms in total. The van der Waals surface area contributed by atoms with E-state index in [9.17, 15) is 27.6 Å². The Labute approximate surface area is 203 Å². The first-order valence-electron chi connectivity index (χ1n) is 10.3. The van der Waals surface area contributed by atoms with Gasteiger partial charge in [0, 0.05) is 5.69 Å². The Kier molecular flexibility index (Phi) is 6.72. The highest BCUT2D eigenvalue weighted by Crippen LogP contribution is 2.40. The molecule has 1 saturated heterocycles. The Morgan fingerprint density at radius 1 is 1.14 bits per heavy atom. The zero-order chi connectivity index (χ0) is 26.3. The van der Waals surface area contributed by atoms with Crippen molar-refractivity contribution in [3.63, 3.8) is 0 Å². The van der Waals surface area contributed by atoms with Crippen LogP contribution in [0.2, 0.25) is 5.02 Å². The highest BCUT2D eigenvalue weighted by atomic mass is 35.5. The summed E-state index contributed by atoms with van der Waals surface area (Å²) in [6.07, 6.45) is -6.07. The van der Waals surface area contributed by atoms with E-state index in [1.165, 1.54) is 38.1 Å².